The molecule has 0 radical (unpaired) electrons. The normalized spacial score (nSPS) is 11.3. The van der Waals surface area contributed by atoms with E-state index in [0.29, 0.717) is 12.1 Å². The van der Waals surface area contributed by atoms with Crippen molar-refractivity contribution in [2.75, 3.05) is 18.5 Å². The van der Waals surface area contributed by atoms with Gasteiger partial charge in [0.05, 0.1) is 6.10 Å². The Morgan fingerprint density at radius 3 is 2.76 bits per heavy atom. The molecule has 0 bridgehead atoms. The number of halogens is 1. The van der Waals surface area contributed by atoms with Crippen LogP contribution in [0.25, 0.3) is 0 Å². The zero-order valence-corrected chi connectivity index (χ0v) is 15.6. The third-order valence-electron chi connectivity index (χ3n) is 2.89. The van der Waals surface area contributed by atoms with Crippen molar-refractivity contribution in [3.8, 4) is 0 Å². The highest BCUT2D eigenvalue weighted by Crippen LogP contribution is 2.10. The van der Waals surface area contributed by atoms with Gasteiger partial charge in [0, 0.05) is 18.8 Å². The van der Waals surface area contributed by atoms with Crippen molar-refractivity contribution in [3.63, 3.8) is 0 Å². The molecule has 21 heavy (non-hydrogen) atoms. The Balaban J connectivity index is 0.00000400. The molecule has 1 rings (SSSR count). The Hall–Kier alpha value is -0.820. The van der Waals surface area contributed by atoms with Crippen molar-refractivity contribution in [2.45, 2.75) is 46.1 Å². The molecule has 4 nitrogen and oxygen atoms in total. The molecule has 0 heterocycles. The number of anilines is 1. The Morgan fingerprint density at radius 2 is 2.10 bits per heavy atom. The molecule has 0 unspecified atom stereocenters. The summed E-state index contributed by atoms with van der Waals surface area (Å²) in [7, 11) is 0. The van der Waals surface area contributed by atoms with Gasteiger partial charge in [0.1, 0.15) is 0 Å². The first-order valence-electron chi connectivity index (χ1n) is 7.39. The maximum absolute atomic E-state index is 5.87. The van der Waals surface area contributed by atoms with Crippen LogP contribution < -0.4 is 11.1 Å². The zero-order valence-electron chi connectivity index (χ0n) is 13.3. The summed E-state index contributed by atoms with van der Waals surface area (Å²) in [6.07, 6.45) is 3.32. The largest absolute Gasteiger partial charge is 0.379 e. The van der Waals surface area contributed by atoms with E-state index in [2.05, 4.69) is 29.4 Å². The van der Waals surface area contributed by atoms with Gasteiger partial charge in [-0.3, -0.25) is 4.99 Å². The molecule has 5 heteroatoms. The summed E-state index contributed by atoms with van der Waals surface area (Å²) >= 11 is 0. The average molecular weight is 405 g/mol. The Labute approximate surface area is 145 Å². The van der Waals surface area contributed by atoms with Crippen molar-refractivity contribution < 1.29 is 4.74 Å². The number of hydrogen-bond donors (Lipinski definition) is 2. The third kappa shape index (κ3) is 9.68. The summed E-state index contributed by atoms with van der Waals surface area (Å²) in [5.41, 5.74) is 8.15. The molecular formula is C16H28IN3O. The number of ether oxygens (including phenoxy) is 1. The summed E-state index contributed by atoms with van der Waals surface area (Å²) in [4.78, 5) is 4.32. The number of guanidine groups is 1. The summed E-state index contributed by atoms with van der Waals surface area (Å²) in [5.74, 6) is 0.475. The lowest BCUT2D eigenvalue weighted by atomic mass is 10.1. The van der Waals surface area contributed by atoms with Crippen LogP contribution in [0.3, 0.4) is 0 Å². The highest BCUT2D eigenvalue weighted by Gasteiger charge is 1.97. The molecule has 0 fully saturated rings. The summed E-state index contributed by atoms with van der Waals surface area (Å²) in [6.45, 7) is 7.75. The number of nitrogens with two attached hydrogens (primary N) is 1. The minimum atomic E-state index is 0. The lowest BCUT2D eigenvalue weighted by Crippen LogP contribution is -2.23. The number of hydrogen-bond acceptors (Lipinski definition) is 2. The van der Waals surface area contributed by atoms with Crippen LogP contribution >= 0.6 is 24.0 Å². The van der Waals surface area contributed by atoms with Gasteiger partial charge in [-0.1, -0.05) is 19.1 Å². The van der Waals surface area contributed by atoms with Crippen LogP contribution in [0, 0.1) is 0 Å². The number of unbranched alkanes of at least 4 members (excludes halogenated alkanes) is 1. The van der Waals surface area contributed by atoms with Gasteiger partial charge in [-0.15, -0.1) is 24.0 Å². The molecule has 3 N–H and O–H groups in total. The molecule has 120 valence electrons. The van der Waals surface area contributed by atoms with E-state index in [-0.39, 0.29) is 24.0 Å². The first-order chi connectivity index (χ1) is 9.61. The molecule has 0 aliphatic heterocycles. The second kappa shape index (κ2) is 11.8. The zero-order chi connectivity index (χ0) is 14.8. The molecule has 0 aromatic heterocycles. The van der Waals surface area contributed by atoms with Gasteiger partial charge >= 0.3 is 0 Å². The van der Waals surface area contributed by atoms with Gasteiger partial charge in [-0.05, 0) is 50.8 Å². The van der Waals surface area contributed by atoms with Crippen LogP contribution in [0.5, 0.6) is 0 Å². The maximum Gasteiger partial charge on any atom is 0.193 e. The third-order valence-corrected chi connectivity index (χ3v) is 2.89. The van der Waals surface area contributed by atoms with Crippen molar-refractivity contribution >= 4 is 35.6 Å². The second-order valence-corrected chi connectivity index (χ2v) is 5.07. The summed E-state index contributed by atoms with van der Waals surface area (Å²) in [5, 5.41) is 3.12. The van der Waals surface area contributed by atoms with Gasteiger partial charge in [0.15, 0.2) is 5.96 Å². The van der Waals surface area contributed by atoms with Gasteiger partial charge in [0.25, 0.3) is 0 Å². The minimum absolute atomic E-state index is 0. The molecular weight excluding hydrogens is 377 g/mol. The lowest BCUT2D eigenvalue weighted by Gasteiger charge is -2.08. The second-order valence-electron chi connectivity index (χ2n) is 5.07. The first-order valence-corrected chi connectivity index (χ1v) is 7.39. The van der Waals surface area contributed by atoms with Crippen LogP contribution in [0.2, 0.25) is 0 Å². The fourth-order valence-electron chi connectivity index (χ4n) is 1.79. The van der Waals surface area contributed by atoms with Crippen LogP contribution in [-0.4, -0.2) is 25.2 Å². The molecule has 1 aromatic carbocycles. The molecule has 0 saturated heterocycles. The molecule has 0 saturated carbocycles. The van der Waals surface area contributed by atoms with Gasteiger partial charge in [-0.2, -0.15) is 0 Å². The van der Waals surface area contributed by atoms with E-state index in [9.17, 15) is 0 Å². The Morgan fingerprint density at radius 1 is 1.33 bits per heavy atom. The van der Waals surface area contributed by atoms with Crippen LogP contribution in [0.4, 0.5) is 5.69 Å². The first kappa shape index (κ1) is 20.2. The highest BCUT2D eigenvalue weighted by molar-refractivity contribution is 14.0. The minimum Gasteiger partial charge on any atom is -0.379 e. The number of aryl methyl sites for hydroxylation is 1. The highest BCUT2D eigenvalue weighted by atomic mass is 127. The topological polar surface area (TPSA) is 59.6 Å². The molecule has 0 amide bonds. The Kier molecular flexibility index (Phi) is 11.3. The lowest BCUT2D eigenvalue weighted by molar-refractivity contribution is 0.0764. The van der Waals surface area contributed by atoms with E-state index in [4.69, 9.17) is 10.5 Å². The van der Waals surface area contributed by atoms with Gasteiger partial charge < -0.3 is 15.8 Å². The van der Waals surface area contributed by atoms with Crippen molar-refractivity contribution in [2.24, 2.45) is 10.7 Å². The van der Waals surface area contributed by atoms with Crippen LogP contribution in [0.15, 0.2) is 29.3 Å². The molecule has 0 spiro atoms. The quantitative estimate of drug-likeness (QED) is 0.299. The molecule has 1 aromatic rings. The number of nitrogens with zero attached hydrogens (tertiary/aromatic N) is 1. The van der Waals surface area contributed by atoms with Crippen LogP contribution in [0.1, 0.15) is 39.2 Å². The molecule has 0 aliphatic carbocycles. The van der Waals surface area contributed by atoms with Gasteiger partial charge in [-0.25, -0.2) is 0 Å². The smallest absolute Gasteiger partial charge is 0.193 e. The monoisotopic (exact) mass is 405 g/mol. The maximum atomic E-state index is 5.87. The van der Waals surface area contributed by atoms with Crippen molar-refractivity contribution in [1.82, 2.24) is 0 Å². The number of aliphatic imine (C=N–C) groups is 1. The summed E-state index contributed by atoms with van der Waals surface area (Å²) in [6, 6.07) is 8.22. The number of benzene rings is 1. The predicted molar refractivity (Wildman–Crippen MR) is 102 cm³/mol. The molecule has 0 aliphatic rings. The van der Waals surface area contributed by atoms with E-state index in [1.165, 1.54) is 5.56 Å². The number of nitrogens with one attached hydrogen (secondary N) is 1. The SMILES string of the molecule is CCc1cccc(NC(N)=NCCCCOC(C)C)c1.I. The molecule has 0 atom stereocenters. The fraction of sp³-hybridized carbons (Fsp3) is 0.562. The van der Waals surface area contributed by atoms with E-state index in [0.717, 1.165) is 38.1 Å². The van der Waals surface area contributed by atoms with Crippen molar-refractivity contribution in [1.29, 1.82) is 0 Å². The standard InChI is InChI=1S/C16H27N3O.HI/c1-4-14-8-7-9-15(12-14)19-16(17)18-10-5-6-11-20-13(2)3;/h7-9,12-13H,4-6,10-11H2,1-3H3,(H3,17,18,19);1H. The van der Waals surface area contributed by atoms with Crippen LogP contribution in [-0.2, 0) is 11.2 Å². The van der Waals surface area contributed by atoms with E-state index in [1.54, 1.807) is 0 Å². The van der Waals surface area contributed by atoms with Crippen molar-refractivity contribution in [3.05, 3.63) is 29.8 Å². The van der Waals surface area contributed by atoms with E-state index < -0.39 is 0 Å². The summed E-state index contributed by atoms with van der Waals surface area (Å²) < 4.78 is 5.47. The average Bonchev–Trinajstić information content (AvgIpc) is 2.42. The number of rotatable bonds is 8. The predicted octanol–water partition coefficient (Wildman–Crippen LogP) is 3.80. The van der Waals surface area contributed by atoms with Gasteiger partial charge in [0.2, 0.25) is 0 Å². The fourth-order valence-corrected chi connectivity index (χ4v) is 1.79. The van der Waals surface area contributed by atoms with E-state index >= 15 is 0 Å². The van der Waals surface area contributed by atoms with E-state index in [1.807, 2.05) is 26.0 Å². The Bertz CT molecular complexity index is 422.